The fourth-order valence-corrected chi connectivity index (χ4v) is 3.11. The Balaban J connectivity index is 1.54. The van der Waals surface area contributed by atoms with Crippen LogP contribution in [0.2, 0.25) is 0 Å². The van der Waals surface area contributed by atoms with Crippen LogP contribution in [0.5, 0.6) is 0 Å². The van der Waals surface area contributed by atoms with E-state index in [4.69, 9.17) is 0 Å². The molecule has 26 heavy (non-hydrogen) atoms. The van der Waals surface area contributed by atoms with Crippen molar-refractivity contribution in [3.8, 4) is 11.3 Å². The lowest BCUT2D eigenvalue weighted by molar-refractivity contribution is -0.116. The largest absolute Gasteiger partial charge is 0.302 e. The number of anilines is 1. The molecule has 1 amide bonds. The number of amides is 1. The van der Waals surface area contributed by atoms with Crippen molar-refractivity contribution >= 4 is 28.2 Å². The molecule has 6 heteroatoms. The summed E-state index contributed by atoms with van der Waals surface area (Å²) >= 11 is 1.34. The smallest absolute Gasteiger partial charge is 0.226 e. The van der Waals surface area contributed by atoms with Gasteiger partial charge in [0.2, 0.25) is 5.91 Å². The summed E-state index contributed by atoms with van der Waals surface area (Å²) < 4.78 is 12.9. The number of halogens is 1. The first kappa shape index (κ1) is 17.9. The quantitative estimate of drug-likeness (QED) is 0.632. The van der Waals surface area contributed by atoms with Crippen LogP contribution in [0.25, 0.3) is 11.3 Å². The Labute approximate surface area is 154 Å². The molecule has 132 valence electrons. The van der Waals surface area contributed by atoms with Crippen LogP contribution >= 0.6 is 11.3 Å². The third kappa shape index (κ3) is 4.61. The van der Waals surface area contributed by atoms with E-state index in [1.807, 2.05) is 36.6 Å². The third-order valence-electron chi connectivity index (χ3n) is 3.84. The zero-order valence-corrected chi connectivity index (χ0v) is 15.0. The number of carbonyl (C=O) groups is 2. The summed E-state index contributed by atoms with van der Waals surface area (Å²) in [4.78, 5) is 28.5. The van der Waals surface area contributed by atoms with Crippen molar-refractivity contribution in [3.63, 3.8) is 0 Å². The van der Waals surface area contributed by atoms with Crippen molar-refractivity contribution in [1.82, 2.24) is 4.98 Å². The maximum atomic E-state index is 12.9. The lowest BCUT2D eigenvalue weighted by Gasteiger charge is -2.02. The molecular formula is C20H17FN2O2S. The first-order chi connectivity index (χ1) is 12.5. The van der Waals surface area contributed by atoms with Crippen molar-refractivity contribution < 1.29 is 14.0 Å². The van der Waals surface area contributed by atoms with E-state index in [9.17, 15) is 14.0 Å². The predicted octanol–water partition coefficient (Wildman–Crippen LogP) is 4.86. The minimum absolute atomic E-state index is 0.0512. The van der Waals surface area contributed by atoms with Gasteiger partial charge >= 0.3 is 0 Å². The highest BCUT2D eigenvalue weighted by atomic mass is 32.1. The second kappa shape index (κ2) is 8.01. The van der Waals surface area contributed by atoms with Gasteiger partial charge in [-0.2, -0.15) is 0 Å². The van der Waals surface area contributed by atoms with Crippen molar-refractivity contribution in [2.45, 2.75) is 19.8 Å². The SMILES string of the molecule is Cc1ccc(-c2csc(NC(=O)CCC(=O)c3ccc(F)cc3)n2)cc1. The Kier molecular flexibility index (Phi) is 5.53. The van der Waals surface area contributed by atoms with Crippen LogP contribution in [-0.2, 0) is 4.79 Å². The Hall–Kier alpha value is -2.86. The molecule has 0 unspecified atom stereocenters. The zero-order chi connectivity index (χ0) is 18.5. The molecule has 0 saturated heterocycles. The van der Waals surface area contributed by atoms with Crippen molar-refractivity contribution in [1.29, 1.82) is 0 Å². The van der Waals surface area contributed by atoms with Crippen LogP contribution < -0.4 is 5.32 Å². The molecule has 0 aliphatic carbocycles. The number of ketones is 1. The fourth-order valence-electron chi connectivity index (χ4n) is 2.38. The summed E-state index contributed by atoms with van der Waals surface area (Å²) in [5, 5.41) is 5.09. The topological polar surface area (TPSA) is 59.1 Å². The normalized spacial score (nSPS) is 10.5. The molecular weight excluding hydrogens is 351 g/mol. The second-order valence-corrected chi connectivity index (χ2v) is 6.74. The van der Waals surface area contributed by atoms with Gasteiger partial charge in [0.05, 0.1) is 5.69 Å². The van der Waals surface area contributed by atoms with Crippen molar-refractivity contribution in [2.75, 3.05) is 5.32 Å². The first-order valence-corrected chi connectivity index (χ1v) is 9.00. The van der Waals surface area contributed by atoms with E-state index in [2.05, 4.69) is 10.3 Å². The number of hydrogen-bond acceptors (Lipinski definition) is 4. The molecule has 0 fully saturated rings. The molecule has 3 rings (SSSR count). The average molecular weight is 368 g/mol. The van der Waals surface area contributed by atoms with Crippen molar-refractivity contribution in [3.05, 3.63) is 70.9 Å². The van der Waals surface area contributed by atoms with Crippen LogP contribution in [0.15, 0.2) is 53.9 Å². The van der Waals surface area contributed by atoms with E-state index in [0.717, 1.165) is 11.3 Å². The van der Waals surface area contributed by atoms with E-state index in [1.165, 1.54) is 41.2 Å². The van der Waals surface area contributed by atoms with Crippen LogP contribution in [0.1, 0.15) is 28.8 Å². The number of hydrogen-bond donors (Lipinski definition) is 1. The number of rotatable bonds is 6. The first-order valence-electron chi connectivity index (χ1n) is 8.12. The van der Waals surface area contributed by atoms with Gasteiger partial charge in [-0.05, 0) is 31.2 Å². The van der Waals surface area contributed by atoms with Crippen molar-refractivity contribution in [2.24, 2.45) is 0 Å². The Bertz CT molecular complexity index is 918. The van der Waals surface area contributed by atoms with Gasteiger partial charge in [0.1, 0.15) is 5.82 Å². The molecule has 0 spiro atoms. The Morgan fingerprint density at radius 2 is 1.73 bits per heavy atom. The Morgan fingerprint density at radius 3 is 2.42 bits per heavy atom. The zero-order valence-electron chi connectivity index (χ0n) is 14.2. The number of carbonyl (C=O) groups excluding carboxylic acids is 2. The van der Waals surface area contributed by atoms with Gasteiger partial charge in [0.25, 0.3) is 0 Å². The van der Waals surface area contributed by atoms with Gasteiger partial charge < -0.3 is 5.32 Å². The summed E-state index contributed by atoms with van der Waals surface area (Å²) in [6.07, 6.45) is 0.114. The monoisotopic (exact) mass is 368 g/mol. The molecule has 0 bridgehead atoms. The lowest BCUT2D eigenvalue weighted by atomic mass is 10.1. The number of nitrogens with one attached hydrogen (secondary N) is 1. The molecule has 1 N–H and O–H groups in total. The van der Waals surface area contributed by atoms with Gasteiger partial charge in [-0.25, -0.2) is 9.37 Å². The molecule has 1 aromatic heterocycles. The number of Topliss-reactive ketones (excluding diaryl/α,β-unsaturated/α-hetero) is 1. The third-order valence-corrected chi connectivity index (χ3v) is 4.60. The molecule has 2 aromatic carbocycles. The number of aryl methyl sites for hydroxylation is 1. The van der Waals surface area contributed by atoms with Crippen LogP contribution in [-0.4, -0.2) is 16.7 Å². The van der Waals surface area contributed by atoms with E-state index >= 15 is 0 Å². The molecule has 0 aliphatic rings. The molecule has 1 heterocycles. The minimum atomic E-state index is -0.396. The van der Waals surface area contributed by atoms with Crippen LogP contribution in [0.3, 0.4) is 0 Å². The fraction of sp³-hybridized carbons (Fsp3) is 0.150. The second-order valence-electron chi connectivity index (χ2n) is 5.88. The summed E-state index contributed by atoms with van der Waals surface area (Å²) in [6.45, 7) is 2.02. The number of benzene rings is 2. The maximum Gasteiger partial charge on any atom is 0.226 e. The lowest BCUT2D eigenvalue weighted by Crippen LogP contribution is -2.13. The molecule has 0 atom stereocenters. The number of thiazole rings is 1. The minimum Gasteiger partial charge on any atom is -0.302 e. The van der Waals surface area contributed by atoms with E-state index < -0.39 is 5.82 Å². The van der Waals surface area contributed by atoms with Gasteiger partial charge in [-0.15, -0.1) is 11.3 Å². The van der Waals surface area contributed by atoms with Crippen LogP contribution in [0.4, 0.5) is 9.52 Å². The van der Waals surface area contributed by atoms with Crippen LogP contribution in [0, 0.1) is 12.7 Å². The van der Waals surface area contributed by atoms with Gasteiger partial charge in [0.15, 0.2) is 10.9 Å². The average Bonchev–Trinajstić information content (AvgIpc) is 3.09. The van der Waals surface area contributed by atoms with E-state index in [1.54, 1.807) is 0 Å². The molecule has 3 aromatic rings. The summed E-state index contributed by atoms with van der Waals surface area (Å²) in [7, 11) is 0. The highest BCUT2D eigenvalue weighted by molar-refractivity contribution is 7.14. The van der Waals surface area contributed by atoms with Gasteiger partial charge in [-0.3, -0.25) is 9.59 Å². The molecule has 0 radical (unpaired) electrons. The standard InChI is InChI=1S/C20H17FN2O2S/c1-13-2-4-14(5-3-13)17-12-26-20(22-17)23-19(25)11-10-18(24)15-6-8-16(21)9-7-15/h2-9,12H,10-11H2,1H3,(H,22,23,25). The number of aromatic nitrogens is 1. The number of nitrogens with zero attached hydrogens (tertiary/aromatic N) is 1. The summed E-state index contributed by atoms with van der Waals surface area (Å²) in [5.41, 5.74) is 3.35. The van der Waals surface area contributed by atoms with E-state index in [0.29, 0.717) is 10.7 Å². The van der Waals surface area contributed by atoms with E-state index in [-0.39, 0.29) is 24.5 Å². The highest BCUT2D eigenvalue weighted by Crippen LogP contribution is 2.25. The Morgan fingerprint density at radius 1 is 1.04 bits per heavy atom. The van der Waals surface area contributed by atoms with Gasteiger partial charge in [0, 0.05) is 29.3 Å². The summed E-state index contributed by atoms with van der Waals surface area (Å²) in [6, 6.07) is 13.3. The molecule has 0 aliphatic heterocycles. The van der Waals surface area contributed by atoms with Gasteiger partial charge in [-0.1, -0.05) is 29.8 Å². The predicted molar refractivity (Wildman–Crippen MR) is 101 cm³/mol. The summed E-state index contributed by atoms with van der Waals surface area (Å²) in [5.74, 6) is -0.864. The molecule has 0 saturated carbocycles. The molecule has 4 nitrogen and oxygen atoms in total. The maximum absolute atomic E-state index is 12.9. The highest BCUT2D eigenvalue weighted by Gasteiger charge is 2.12.